The Balaban J connectivity index is 2.91. The highest BCUT2D eigenvalue weighted by Gasteiger charge is 2.03. The molecule has 0 amide bonds. The molecule has 1 aromatic rings. The first-order valence-electron chi connectivity index (χ1n) is 2.99. The summed E-state index contributed by atoms with van der Waals surface area (Å²) >= 11 is 0. The SMILES string of the molecule is CNc1ccc(C(=O)O)nn1. The maximum atomic E-state index is 10.3. The number of carbonyl (C=O) groups is 1. The molecule has 0 atom stereocenters. The van der Waals surface area contributed by atoms with Gasteiger partial charge in [0.25, 0.3) is 0 Å². The normalized spacial score (nSPS) is 9.18. The molecule has 0 aromatic carbocycles. The zero-order valence-corrected chi connectivity index (χ0v) is 5.90. The van der Waals surface area contributed by atoms with Crippen LogP contribution in [0.5, 0.6) is 0 Å². The quantitative estimate of drug-likeness (QED) is 0.635. The van der Waals surface area contributed by atoms with Gasteiger partial charge in [0, 0.05) is 7.05 Å². The number of aromatic nitrogens is 2. The Bertz CT molecular complexity index is 257. The number of hydrogen-bond donors (Lipinski definition) is 2. The molecule has 1 heterocycles. The fourth-order valence-electron chi connectivity index (χ4n) is 0.580. The lowest BCUT2D eigenvalue weighted by molar-refractivity contribution is 0.0689. The number of rotatable bonds is 2. The molecule has 0 saturated heterocycles. The molecule has 1 aromatic heterocycles. The lowest BCUT2D eigenvalue weighted by atomic mass is 10.4. The van der Waals surface area contributed by atoms with Gasteiger partial charge >= 0.3 is 5.97 Å². The van der Waals surface area contributed by atoms with Crippen molar-refractivity contribution in [3.8, 4) is 0 Å². The molecular weight excluding hydrogens is 146 g/mol. The van der Waals surface area contributed by atoms with E-state index in [2.05, 4.69) is 15.5 Å². The van der Waals surface area contributed by atoms with Gasteiger partial charge in [0.05, 0.1) is 0 Å². The largest absolute Gasteiger partial charge is 0.476 e. The number of hydrogen-bond acceptors (Lipinski definition) is 4. The van der Waals surface area contributed by atoms with Crippen molar-refractivity contribution in [2.45, 2.75) is 0 Å². The first kappa shape index (κ1) is 7.46. The number of anilines is 1. The van der Waals surface area contributed by atoms with E-state index in [9.17, 15) is 4.79 Å². The van der Waals surface area contributed by atoms with Crippen LogP contribution in [-0.2, 0) is 0 Å². The maximum Gasteiger partial charge on any atom is 0.356 e. The van der Waals surface area contributed by atoms with Gasteiger partial charge in [0.1, 0.15) is 5.82 Å². The molecule has 0 aliphatic heterocycles. The predicted octanol–water partition coefficient (Wildman–Crippen LogP) is 0.216. The fourth-order valence-corrected chi connectivity index (χ4v) is 0.580. The lowest BCUT2D eigenvalue weighted by Crippen LogP contribution is -2.03. The van der Waals surface area contributed by atoms with E-state index in [-0.39, 0.29) is 5.69 Å². The molecule has 0 unspecified atom stereocenters. The van der Waals surface area contributed by atoms with Crippen LogP contribution in [0.15, 0.2) is 12.1 Å². The summed E-state index contributed by atoms with van der Waals surface area (Å²) in [6, 6.07) is 2.94. The van der Waals surface area contributed by atoms with E-state index in [0.29, 0.717) is 5.82 Å². The van der Waals surface area contributed by atoms with Crippen molar-refractivity contribution in [2.24, 2.45) is 0 Å². The van der Waals surface area contributed by atoms with E-state index in [1.807, 2.05) is 0 Å². The average molecular weight is 153 g/mol. The Labute approximate surface area is 63.1 Å². The summed E-state index contributed by atoms with van der Waals surface area (Å²) in [4.78, 5) is 10.3. The lowest BCUT2D eigenvalue weighted by Gasteiger charge is -1.95. The number of carboxylic acid groups (broad SMARTS) is 1. The Kier molecular flexibility index (Phi) is 2.00. The minimum atomic E-state index is -1.07. The molecule has 5 heteroatoms. The predicted molar refractivity (Wildman–Crippen MR) is 38.5 cm³/mol. The molecule has 0 bridgehead atoms. The molecule has 5 nitrogen and oxygen atoms in total. The summed E-state index contributed by atoms with van der Waals surface area (Å²) < 4.78 is 0. The van der Waals surface area contributed by atoms with E-state index in [0.717, 1.165) is 0 Å². The van der Waals surface area contributed by atoms with E-state index in [1.165, 1.54) is 6.07 Å². The third kappa shape index (κ3) is 1.64. The van der Waals surface area contributed by atoms with Crippen LogP contribution >= 0.6 is 0 Å². The van der Waals surface area contributed by atoms with Crippen molar-refractivity contribution < 1.29 is 9.90 Å². The molecule has 2 N–H and O–H groups in total. The third-order valence-electron chi connectivity index (χ3n) is 1.14. The van der Waals surface area contributed by atoms with Crippen molar-refractivity contribution >= 4 is 11.8 Å². The second-order valence-electron chi connectivity index (χ2n) is 1.86. The van der Waals surface area contributed by atoms with Crippen LogP contribution in [0.4, 0.5) is 5.82 Å². The van der Waals surface area contributed by atoms with Gasteiger partial charge in [-0.3, -0.25) is 0 Å². The molecule has 0 spiro atoms. The Morgan fingerprint density at radius 2 is 2.27 bits per heavy atom. The molecule has 0 aliphatic rings. The molecule has 0 radical (unpaired) electrons. The summed E-state index contributed by atoms with van der Waals surface area (Å²) in [6.07, 6.45) is 0. The molecule has 0 aliphatic carbocycles. The van der Waals surface area contributed by atoms with Gasteiger partial charge in [0.15, 0.2) is 5.69 Å². The molecule has 1 rings (SSSR count). The fraction of sp³-hybridized carbons (Fsp3) is 0.167. The highest BCUT2D eigenvalue weighted by atomic mass is 16.4. The monoisotopic (exact) mass is 153 g/mol. The Hall–Kier alpha value is -1.65. The highest BCUT2D eigenvalue weighted by Crippen LogP contribution is 1.99. The summed E-state index contributed by atoms with van der Waals surface area (Å²) in [5.41, 5.74) is -0.0519. The summed E-state index contributed by atoms with van der Waals surface area (Å²) in [7, 11) is 1.68. The van der Waals surface area contributed by atoms with Crippen LogP contribution in [0.25, 0.3) is 0 Å². The molecular formula is C6H7N3O2. The molecule has 0 fully saturated rings. The van der Waals surface area contributed by atoms with E-state index in [1.54, 1.807) is 13.1 Å². The molecule has 58 valence electrons. The molecule has 0 saturated carbocycles. The Morgan fingerprint density at radius 1 is 1.55 bits per heavy atom. The summed E-state index contributed by atoms with van der Waals surface area (Å²) in [5, 5.41) is 18.2. The van der Waals surface area contributed by atoms with Crippen molar-refractivity contribution in [3.05, 3.63) is 17.8 Å². The van der Waals surface area contributed by atoms with E-state index in [4.69, 9.17) is 5.11 Å². The zero-order chi connectivity index (χ0) is 8.27. The van der Waals surface area contributed by atoms with Crippen LogP contribution in [-0.4, -0.2) is 28.3 Å². The smallest absolute Gasteiger partial charge is 0.356 e. The highest BCUT2D eigenvalue weighted by molar-refractivity contribution is 5.85. The van der Waals surface area contributed by atoms with Crippen LogP contribution in [0.3, 0.4) is 0 Å². The maximum absolute atomic E-state index is 10.3. The number of carboxylic acids is 1. The van der Waals surface area contributed by atoms with Crippen LogP contribution in [0, 0.1) is 0 Å². The van der Waals surface area contributed by atoms with Crippen molar-refractivity contribution in [2.75, 3.05) is 12.4 Å². The van der Waals surface area contributed by atoms with Gasteiger partial charge in [-0.25, -0.2) is 4.79 Å². The van der Waals surface area contributed by atoms with Gasteiger partial charge in [-0.05, 0) is 12.1 Å². The van der Waals surface area contributed by atoms with Gasteiger partial charge in [0.2, 0.25) is 0 Å². The first-order valence-corrected chi connectivity index (χ1v) is 2.99. The van der Waals surface area contributed by atoms with Gasteiger partial charge < -0.3 is 10.4 Å². The molecule has 11 heavy (non-hydrogen) atoms. The van der Waals surface area contributed by atoms with E-state index < -0.39 is 5.97 Å². The third-order valence-corrected chi connectivity index (χ3v) is 1.14. The van der Waals surface area contributed by atoms with Crippen molar-refractivity contribution in [1.82, 2.24) is 10.2 Å². The zero-order valence-electron chi connectivity index (χ0n) is 5.90. The van der Waals surface area contributed by atoms with Gasteiger partial charge in [-0.15, -0.1) is 10.2 Å². The van der Waals surface area contributed by atoms with Crippen molar-refractivity contribution in [3.63, 3.8) is 0 Å². The summed E-state index contributed by atoms with van der Waals surface area (Å²) in [5.74, 6) is -0.518. The number of aromatic carboxylic acids is 1. The van der Waals surface area contributed by atoms with Crippen LogP contribution in [0.2, 0.25) is 0 Å². The van der Waals surface area contributed by atoms with Gasteiger partial charge in [-0.2, -0.15) is 0 Å². The minimum Gasteiger partial charge on any atom is -0.476 e. The number of nitrogens with one attached hydrogen (secondary N) is 1. The van der Waals surface area contributed by atoms with E-state index >= 15 is 0 Å². The first-order chi connectivity index (χ1) is 5.24. The van der Waals surface area contributed by atoms with Crippen LogP contribution in [0.1, 0.15) is 10.5 Å². The van der Waals surface area contributed by atoms with Crippen molar-refractivity contribution in [1.29, 1.82) is 0 Å². The minimum absolute atomic E-state index is 0.0519. The van der Waals surface area contributed by atoms with Crippen LogP contribution < -0.4 is 5.32 Å². The second kappa shape index (κ2) is 2.96. The summed E-state index contributed by atoms with van der Waals surface area (Å²) in [6.45, 7) is 0. The number of nitrogens with zero attached hydrogens (tertiary/aromatic N) is 2. The standard InChI is InChI=1S/C6H7N3O2/c1-7-5-3-2-4(6(10)11)8-9-5/h2-3H,1H3,(H,7,9)(H,10,11). The topological polar surface area (TPSA) is 75.1 Å². The van der Waals surface area contributed by atoms with Gasteiger partial charge in [-0.1, -0.05) is 0 Å². The Morgan fingerprint density at radius 3 is 2.64 bits per heavy atom. The average Bonchev–Trinajstić information content (AvgIpc) is 2.05. The second-order valence-corrected chi connectivity index (χ2v) is 1.86.